The van der Waals surface area contributed by atoms with Crippen LogP contribution in [-0.2, 0) is 16.1 Å². The van der Waals surface area contributed by atoms with Crippen LogP contribution in [0.1, 0.15) is 23.8 Å². The lowest BCUT2D eigenvalue weighted by Gasteiger charge is -2.24. The van der Waals surface area contributed by atoms with Crippen LogP contribution < -0.4 is 10.6 Å². The molecule has 0 bridgehead atoms. The molecule has 3 aromatic rings. The standard InChI is InChI=1S/C17H14N6O3/c24-13-8-11(10-4-1-2-5-12(10)21-13)17(25)20-9-14-22-16(23-26-14)15-18-6-3-7-19-15/h1-7,11H,8-9H2,(H,20,25)(H,21,24)/t11-/m1/s1. The number of hydrogen-bond donors (Lipinski definition) is 2. The van der Waals surface area contributed by atoms with Crippen LogP contribution >= 0.6 is 0 Å². The average Bonchev–Trinajstić information content (AvgIpc) is 3.15. The van der Waals surface area contributed by atoms with Gasteiger partial charge in [-0.1, -0.05) is 23.4 Å². The van der Waals surface area contributed by atoms with Gasteiger partial charge in [0.1, 0.15) is 0 Å². The molecule has 0 saturated heterocycles. The van der Waals surface area contributed by atoms with E-state index in [0.717, 1.165) is 5.56 Å². The first-order chi connectivity index (χ1) is 12.7. The summed E-state index contributed by atoms with van der Waals surface area (Å²) in [4.78, 5) is 36.6. The molecule has 1 aliphatic rings. The lowest BCUT2D eigenvalue weighted by Crippen LogP contribution is -2.34. The quantitative estimate of drug-likeness (QED) is 0.726. The van der Waals surface area contributed by atoms with E-state index in [1.165, 1.54) is 0 Å². The van der Waals surface area contributed by atoms with Crippen molar-refractivity contribution in [2.45, 2.75) is 18.9 Å². The molecule has 2 N–H and O–H groups in total. The van der Waals surface area contributed by atoms with Crippen molar-refractivity contribution in [3.8, 4) is 11.6 Å². The fourth-order valence-electron chi connectivity index (χ4n) is 2.76. The molecule has 0 unspecified atom stereocenters. The average molecular weight is 350 g/mol. The van der Waals surface area contributed by atoms with E-state index in [2.05, 4.69) is 30.7 Å². The lowest BCUT2D eigenvalue weighted by molar-refractivity contribution is -0.126. The number of para-hydroxylation sites is 1. The maximum Gasteiger partial charge on any atom is 0.246 e. The maximum absolute atomic E-state index is 12.6. The fourth-order valence-corrected chi connectivity index (χ4v) is 2.76. The van der Waals surface area contributed by atoms with Gasteiger partial charge < -0.3 is 15.2 Å². The Kier molecular flexibility index (Phi) is 4.10. The van der Waals surface area contributed by atoms with E-state index >= 15 is 0 Å². The number of fused-ring (bicyclic) bond motifs is 1. The Bertz CT molecular complexity index is 956. The molecule has 0 fully saturated rings. The van der Waals surface area contributed by atoms with Gasteiger partial charge >= 0.3 is 0 Å². The predicted octanol–water partition coefficient (Wildman–Crippen LogP) is 1.27. The van der Waals surface area contributed by atoms with Crippen molar-refractivity contribution in [3.63, 3.8) is 0 Å². The summed E-state index contributed by atoms with van der Waals surface area (Å²) in [7, 11) is 0. The molecule has 0 aliphatic carbocycles. The Morgan fingerprint density at radius 3 is 2.85 bits per heavy atom. The Morgan fingerprint density at radius 1 is 1.19 bits per heavy atom. The van der Waals surface area contributed by atoms with Gasteiger partial charge in [0.15, 0.2) is 0 Å². The highest BCUT2D eigenvalue weighted by atomic mass is 16.5. The minimum Gasteiger partial charge on any atom is -0.346 e. The second-order valence-electron chi connectivity index (χ2n) is 5.69. The summed E-state index contributed by atoms with van der Waals surface area (Å²) in [5.74, 6) is -0.203. The molecule has 1 aromatic carbocycles. The second-order valence-corrected chi connectivity index (χ2v) is 5.69. The van der Waals surface area contributed by atoms with E-state index in [1.54, 1.807) is 24.5 Å². The number of carbonyl (C=O) groups is 2. The van der Waals surface area contributed by atoms with Crippen LogP contribution in [-0.4, -0.2) is 31.9 Å². The van der Waals surface area contributed by atoms with E-state index in [1.807, 2.05) is 18.2 Å². The molecule has 2 aromatic heterocycles. The minimum atomic E-state index is -0.556. The first-order valence-electron chi connectivity index (χ1n) is 7.97. The molecule has 3 heterocycles. The van der Waals surface area contributed by atoms with Gasteiger partial charge in [0, 0.05) is 24.5 Å². The SMILES string of the molecule is O=C1C[C@@H](C(=O)NCc2nc(-c3ncccn3)no2)c2ccccc2N1. The first-order valence-corrected chi connectivity index (χ1v) is 7.97. The second kappa shape index (κ2) is 6.71. The van der Waals surface area contributed by atoms with Crippen molar-refractivity contribution in [2.24, 2.45) is 0 Å². The van der Waals surface area contributed by atoms with Crippen LogP contribution in [0.25, 0.3) is 11.6 Å². The summed E-state index contributed by atoms with van der Waals surface area (Å²) in [5.41, 5.74) is 1.44. The van der Waals surface area contributed by atoms with Crippen molar-refractivity contribution in [1.82, 2.24) is 25.4 Å². The van der Waals surface area contributed by atoms with Crippen LogP contribution in [0.4, 0.5) is 5.69 Å². The molecule has 26 heavy (non-hydrogen) atoms. The molecule has 2 amide bonds. The van der Waals surface area contributed by atoms with Crippen LogP contribution in [0, 0.1) is 0 Å². The summed E-state index contributed by atoms with van der Waals surface area (Å²) in [6.07, 6.45) is 3.24. The van der Waals surface area contributed by atoms with Gasteiger partial charge in [-0.25, -0.2) is 9.97 Å². The fraction of sp³-hybridized carbons (Fsp3) is 0.176. The van der Waals surface area contributed by atoms with E-state index in [9.17, 15) is 9.59 Å². The summed E-state index contributed by atoms with van der Waals surface area (Å²) in [6, 6.07) is 8.93. The number of hydrogen-bond acceptors (Lipinski definition) is 7. The minimum absolute atomic E-state index is 0.0545. The number of benzene rings is 1. The third kappa shape index (κ3) is 3.14. The number of nitrogens with zero attached hydrogens (tertiary/aromatic N) is 4. The highest BCUT2D eigenvalue weighted by molar-refractivity contribution is 6.01. The first kappa shape index (κ1) is 15.9. The molecule has 0 saturated carbocycles. The number of nitrogens with one attached hydrogen (secondary N) is 2. The van der Waals surface area contributed by atoms with Crippen molar-refractivity contribution in [2.75, 3.05) is 5.32 Å². The normalized spacial score (nSPS) is 15.8. The van der Waals surface area contributed by atoms with Gasteiger partial charge in [0.2, 0.25) is 29.4 Å². The molecule has 130 valence electrons. The topological polar surface area (TPSA) is 123 Å². The lowest BCUT2D eigenvalue weighted by atomic mass is 9.90. The van der Waals surface area contributed by atoms with Crippen LogP contribution in [0.2, 0.25) is 0 Å². The molecule has 4 rings (SSSR count). The summed E-state index contributed by atoms with van der Waals surface area (Å²) in [5, 5.41) is 9.30. The van der Waals surface area contributed by atoms with E-state index in [4.69, 9.17) is 4.52 Å². The summed E-state index contributed by atoms with van der Waals surface area (Å²) in [6.45, 7) is 0.0545. The van der Waals surface area contributed by atoms with Crippen molar-refractivity contribution >= 4 is 17.5 Å². The van der Waals surface area contributed by atoms with Crippen molar-refractivity contribution in [1.29, 1.82) is 0 Å². The number of carbonyl (C=O) groups excluding carboxylic acids is 2. The molecule has 1 aliphatic heterocycles. The summed E-state index contributed by atoms with van der Waals surface area (Å²) < 4.78 is 5.11. The monoisotopic (exact) mass is 350 g/mol. The summed E-state index contributed by atoms with van der Waals surface area (Å²) >= 11 is 0. The van der Waals surface area contributed by atoms with Crippen LogP contribution in [0.3, 0.4) is 0 Å². The van der Waals surface area contributed by atoms with Gasteiger partial charge in [-0.15, -0.1) is 0 Å². The highest BCUT2D eigenvalue weighted by Gasteiger charge is 2.30. The van der Waals surface area contributed by atoms with E-state index in [-0.39, 0.29) is 36.5 Å². The number of rotatable bonds is 4. The molecule has 9 nitrogen and oxygen atoms in total. The van der Waals surface area contributed by atoms with E-state index in [0.29, 0.717) is 11.5 Å². The highest BCUT2D eigenvalue weighted by Crippen LogP contribution is 2.32. The molecule has 0 spiro atoms. The Labute approximate surface area is 147 Å². The Morgan fingerprint density at radius 2 is 2.00 bits per heavy atom. The molecular weight excluding hydrogens is 336 g/mol. The zero-order valence-corrected chi connectivity index (χ0v) is 13.5. The van der Waals surface area contributed by atoms with Crippen LogP contribution in [0.5, 0.6) is 0 Å². The van der Waals surface area contributed by atoms with Crippen LogP contribution in [0.15, 0.2) is 47.2 Å². The third-order valence-electron chi connectivity index (χ3n) is 3.96. The number of aromatic nitrogens is 4. The smallest absolute Gasteiger partial charge is 0.246 e. The zero-order chi connectivity index (χ0) is 17.9. The van der Waals surface area contributed by atoms with E-state index < -0.39 is 5.92 Å². The Hall–Kier alpha value is -3.62. The number of amides is 2. The van der Waals surface area contributed by atoms with Gasteiger partial charge in [-0.2, -0.15) is 4.98 Å². The zero-order valence-electron chi connectivity index (χ0n) is 13.5. The Balaban J connectivity index is 1.45. The van der Waals surface area contributed by atoms with Gasteiger partial charge in [-0.3, -0.25) is 9.59 Å². The molecule has 0 radical (unpaired) electrons. The number of anilines is 1. The van der Waals surface area contributed by atoms with Crippen molar-refractivity contribution < 1.29 is 14.1 Å². The molecule has 9 heteroatoms. The third-order valence-corrected chi connectivity index (χ3v) is 3.96. The molecular formula is C17H14N6O3. The van der Waals surface area contributed by atoms with Gasteiger partial charge in [0.05, 0.1) is 12.5 Å². The van der Waals surface area contributed by atoms with Gasteiger partial charge in [0.25, 0.3) is 0 Å². The largest absolute Gasteiger partial charge is 0.346 e. The van der Waals surface area contributed by atoms with Crippen molar-refractivity contribution in [3.05, 3.63) is 54.2 Å². The maximum atomic E-state index is 12.6. The molecule has 1 atom stereocenters. The predicted molar refractivity (Wildman–Crippen MR) is 89.6 cm³/mol. The van der Waals surface area contributed by atoms with Gasteiger partial charge in [-0.05, 0) is 17.7 Å².